The maximum absolute atomic E-state index is 13.0. The van der Waals surface area contributed by atoms with Crippen molar-refractivity contribution >= 4 is 45.9 Å². The number of nitrogens with one attached hydrogen (secondary N) is 2. The van der Waals surface area contributed by atoms with Crippen molar-refractivity contribution in [2.45, 2.75) is 13.5 Å². The maximum atomic E-state index is 13.0. The van der Waals surface area contributed by atoms with E-state index in [0.717, 1.165) is 22.5 Å². The molecule has 2 amide bonds. The fourth-order valence-corrected chi connectivity index (χ4v) is 3.48. The van der Waals surface area contributed by atoms with Crippen LogP contribution >= 0.6 is 22.9 Å². The smallest absolute Gasteiger partial charge is 0.282 e. The van der Waals surface area contributed by atoms with E-state index in [9.17, 15) is 14.0 Å². The van der Waals surface area contributed by atoms with Crippen molar-refractivity contribution in [2.24, 2.45) is 0 Å². The third-order valence-electron chi connectivity index (χ3n) is 4.11. The van der Waals surface area contributed by atoms with Crippen LogP contribution in [-0.2, 0) is 11.3 Å². The molecule has 0 aliphatic carbocycles. The molecular formula is C22H20ClFN4O3S. The summed E-state index contributed by atoms with van der Waals surface area (Å²) in [6.45, 7) is 2.57. The van der Waals surface area contributed by atoms with Crippen LogP contribution in [0.1, 0.15) is 32.9 Å². The molecule has 0 atom stereocenters. The van der Waals surface area contributed by atoms with Crippen molar-refractivity contribution in [3.63, 3.8) is 0 Å². The van der Waals surface area contributed by atoms with Gasteiger partial charge in [0.05, 0.1) is 5.03 Å². The Hall–Kier alpha value is -3.30. The second kappa shape index (κ2) is 11.4. The molecule has 32 heavy (non-hydrogen) atoms. The predicted molar refractivity (Wildman–Crippen MR) is 122 cm³/mol. The second-order valence-corrected chi connectivity index (χ2v) is 7.91. The first kappa shape index (κ1) is 23.4. The van der Waals surface area contributed by atoms with Crippen molar-refractivity contribution in [3.05, 3.63) is 75.5 Å². The third-order valence-corrected chi connectivity index (χ3v) is 5.46. The van der Waals surface area contributed by atoms with Crippen molar-refractivity contribution in [2.75, 3.05) is 13.2 Å². The van der Waals surface area contributed by atoms with E-state index in [1.165, 1.54) is 12.1 Å². The van der Waals surface area contributed by atoms with Crippen LogP contribution in [0, 0.1) is 5.82 Å². The molecule has 0 spiro atoms. The second-order valence-electron chi connectivity index (χ2n) is 6.53. The molecule has 0 unspecified atom stereocenters. The van der Waals surface area contributed by atoms with Crippen LogP contribution in [0.5, 0.6) is 5.75 Å². The van der Waals surface area contributed by atoms with Crippen molar-refractivity contribution < 1.29 is 18.7 Å². The minimum Gasteiger partial charge on any atom is -0.484 e. The van der Waals surface area contributed by atoms with Gasteiger partial charge in [-0.3, -0.25) is 9.59 Å². The van der Waals surface area contributed by atoms with Gasteiger partial charge in [0.25, 0.3) is 11.8 Å². The van der Waals surface area contributed by atoms with Gasteiger partial charge in [0.15, 0.2) is 11.6 Å². The van der Waals surface area contributed by atoms with Crippen LogP contribution in [0.15, 0.2) is 48.5 Å². The highest BCUT2D eigenvalue weighted by atomic mass is 35.5. The van der Waals surface area contributed by atoms with Gasteiger partial charge in [0.2, 0.25) is 5.01 Å². The predicted octanol–water partition coefficient (Wildman–Crippen LogP) is 3.86. The van der Waals surface area contributed by atoms with Crippen LogP contribution in [0.4, 0.5) is 4.39 Å². The Labute approximate surface area is 193 Å². The first-order valence-electron chi connectivity index (χ1n) is 9.68. The summed E-state index contributed by atoms with van der Waals surface area (Å²) in [6.07, 6.45) is 1.69. The van der Waals surface area contributed by atoms with E-state index in [-0.39, 0.29) is 29.9 Å². The standard InChI is InChI=1S/C22H20ClFN4O3S/c1-2-25-19(29)13-31-17-9-5-14(6-10-17)11-18(23)21-27-28-22(32-21)20(30)26-12-15-3-7-16(24)8-4-15/h3-11H,2,12-13H2,1H3,(H,25,29)(H,26,30)/b18-11+. The van der Waals surface area contributed by atoms with Gasteiger partial charge in [-0.25, -0.2) is 4.39 Å². The fraction of sp³-hybridized carbons (Fsp3) is 0.182. The van der Waals surface area contributed by atoms with E-state index in [1.54, 1.807) is 42.5 Å². The summed E-state index contributed by atoms with van der Waals surface area (Å²) in [7, 11) is 0. The number of carbonyl (C=O) groups excluding carboxylic acids is 2. The lowest BCUT2D eigenvalue weighted by molar-refractivity contribution is -0.122. The topological polar surface area (TPSA) is 93.2 Å². The molecule has 0 bridgehead atoms. The molecule has 166 valence electrons. The highest BCUT2D eigenvalue weighted by Crippen LogP contribution is 2.26. The molecule has 3 aromatic rings. The monoisotopic (exact) mass is 474 g/mol. The van der Waals surface area contributed by atoms with Gasteiger partial charge in [-0.2, -0.15) is 0 Å². The number of ether oxygens (including phenoxy) is 1. The van der Waals surface area contributed by atoms with E-state index < -0.39 is 5.91 Å². The summed E-state index contributed by atoms with van der Waals surface area (Å²) in [5.41, 5.74) is 1.55. The van der Waals surface area contributed by atoms with Gasteiger partial charge in [0.1, 0.15) is 11.6 Å². The van der Waals surface area contributed by atoms with Crippen molar-refractivity contribution in [1.82, 2.24) is 20.8 Å². The lowest BCUT2D eigenvalue weighted by Crippen LogP contribution is -2.28. The number of nitrogens with zero attached hydrogens (tertiary/aromatic N) is 2. The molecular weight excluding hydrogens is 455 g/mol. The summed E-state index contributed by atoms with van der Waals surface area (Å²) in [5, 5.41) is 14.1. The van der Waals surface area contributed by atoms with Gasteiger partial charge in [-0.15, -0.1) is 10.2 Å². The van der Waals surface area contributed by atoms with Gasteiger partial charge in [0, 0.05) is 13.1 Å². The first-order valence-corrected chi connectivity index (χ1v) is 10.9. The Balaban J connectivity index is 1.57. The largest absolute Gasteiger partial charge is 0.484 e. The van der Waals surface area contributed by atoms with E-state index in [4.69, 9.17) is 16.3 Å². The van der Waals surface area contributed by atoms with Gasteiger partial charge in [-0.1, -0.05) is 47.2 Å². The molecule has 10 heteroatoms. The van der Waals surface area contributed by atoms with Crippen LogP contribution in [0.3, 0.4) is 0 Å². The zero-order chi connectivity index (χ0) is 22.9. The minimum atomic E-state index is -0.392. The molecule has 0 aliphatic heterocycles. The Morgan fingerprint density at radius 1 is 1.06 bits per heavy atom. The quantitative estimate of drug-likeness (QED) is 0.491. The lowest BCUT2D eigenvalue weighted by atomic mass is 10.2. The van der Waals surface area contributed by atoms with Crippen LogP contribution < -0.4 is 15.4 Å². The van der Waals surface area contributed by atoms with E-state index in [1.807, 2.05) is 6.92 Å². The molecule has 2 aromatic carbocycles. The Morgan fingerprint density at radius 2 is 1.75 bits per heavy atom. The number of carbonyl (C=O) groups is 2. The molecule has 3 rings (SSSR count). The summed E-state index contributed by atoms with van der Waals surface area (Å²) < 4.78 is 18.4. The van der Waals surface area contributed by atoms with Gasteiger partial charge < -0.3 is 15.4 Å². The normalized spacial score (nSPS) is 11.2. The highest BCUT2D eigenvalue weighted by molar-refractivity contribution is 7.15. The average molecular weight is 475 g/mol. The molecule has 2 N–H and O–H groups in total. The molecule has 0 aliphatic rings. The van der Waals surface area contributed by atoms with E-state index in [2.05, 4.69) is 20.8 Å². The number of likely N-dealkylation sites (N-methyl/N-ethyl adjacent to an activating group) is 1. The number of rotatable bonds is 9. The summed E-state index contributed by atoms with van der Waals surface area (Å²) in [4.78, 5) is 23.7. The Bertz CT molecular complexity index is 1100. The number of benzene rings is 2. The van der Waals surface area contributed by atoms with Crippen molar-refractivity contribution in [1.29, 1.82) is 0 Å². The Kier molecular flexibility index (Phi) is 8.29. The van der Waals surface area contributed by atoms with Crippen LogP contribution in [-0.4, -0.2) is 35.2 Å². The molecule has 0 saturated carbocycles. The number of aromatic nitrogens is 2. The molecule has 0 radical (unpaired) electrons. The number of halogens is 2. The first-order chi connectivity index (χ1) is 15.4. The summed E-state index contributed by atoms with van der Waals surface area (Å²) in [5.74, 6) is -0.359. The number of amides is 2. The zero-order valence-electron chi connectivity index (χ0n) is 17.1. The van der Waals surface area contributed by atoms with Crippen molar-refractivity contribution in [3.8, 4) is 5.75 Å². The minimum absolute atomic E-state index is 0.0550. The SMILES string of the molecule is CCNC(=O)COc1ccc(/C=C(/Cl)c2nnc(C(=O)NCc3ccc(F)cc3)s2)cc1. The zero-order valence-corrected chi connectivity index (χ0v) is 18.7. The van der Waals surface area contributed by atoms with Crippen LogP contribution in [0.25, 0.3) is 11.1 Å². The molecule has 0 saturated heterocycles. The molecule has 1 heterocycles. The summed E-state index contributed by atoms with van der Waals surface area (Å²) in [6, 6.07) is 12.9. The van der Waals surface area contributed by atoms with E-state index in [0.29, 0.717) is 22.3 Å². The fourth-order valence-electron chi connectivity index (χ4n) is 2.54. The highest BCUT2D eigenvalue weighted by Gasteiger charge is 2.14. The number of hydrogen-bond acceptors (Lipinski definition) is 6. The summed E-state index contributed by atoms with van der Waals surface area (Å²) >= 11 is 7.40. The van der Waals surface area contributed by atoms with Gasteiger partial charge in [-0.05, 0) is 48.4 Å². The van der Waals surface area contributed by atoms with E-state index >= 15 is 0 Å². The average Bonchev–Trinajstić information content (AvgIpc) is 3.29. The van der Waals surface area contributed by atoms with Gasteiger partial charge >= 0.3 is 0 Å². The molecule has 0 fully saturated rings. The number of hydrogen-bond donors (Lipinski definition) is 2. The molecule has 1 aromatic heterocycles. The third kappa shape index (κ3) is 6.86. The lowest BCUT2D eigenvalue weighted by Gasteiger charge is -2.06. The Morgan fingerprint density at radius 3 is 2.44 bits per heavy atom. The maximum Gasteiger partial charge on any atom is 0.282 e. The molecule has 7 nitrogen and oxygen atoms in total. The van der Waals surface area contributed by atoms with Crippen LogP contribution in [0.2, 0.25) is 0 Å².